The predicted molar refractivity (Wildman–Crippen MR) is 63.8 cm³/mol. The third-order valence-electron chi connectivity index (χ3n) is 3.24. The van der Waals surface area contributed by atoms with Gasteiger partial charge in [0.25, 0.3) is 0 Å². The lowest BCUT2D eigenvalue weighted by atomic mass is 10.2. The van der Waals surface area contributed by atoms with Gasteiger partial charge in [-0.3, -0.25) is 4.90 Å². The maximum atomic E-state index is 12.8. The van der Waals surface area contributed by atoms with Crippen LogP contribution in [0, 0.1) is 5.82 Å². The number of hydrogen-bond acceptors (Lipinski definition) is 2. The monoisotopic (exact) mass is 222 g/mol. The van der Waals surface area contributed by atoms with Gasteiger partial charge >= 0.3 is 0 Å². The lowest BCUT2D eigenvalue weighted by Crippen LogP contribution is -2.36. The molecular formula is C13H19FN2. The molecule has 1 atom stereocenters. The molecule has 2 rings (SSSR count). The van der Waals surface area contributed by atoms with Crippen molar-refractivity contribution in [3.63, 3.8) is 0 Å². The Balaban J connectivity index is 1.95. The summed E-state index contributed by atoms with van der Waals surface area (Å²) in [5, 5.41) is 3.23. The van der Waals surface area contributed by atoms with Crippen LogP contribution in [0.1, 0.15) is 18.4 Å². The van der Waals surface area contributed by atoms with E-state index in [-0.39, 0.29) is 5.82 Å². The molecular weight excluding hydrogens is 203 g/mol. The van der Waals surface area contributed by atoms with Crippen LogP contribution in [0.5, 0.6) is 0 Å². The van der Waals surface area contributed by atoms with E-state index >= 15 is 0 Å². The smallest absolute Gasteiger partial charge is 0.123 e. The number of hydrogen-bond donors (Lipinski definition) is 1. The minimum Gasteiger partial charge on any atom is -0.318 e. The number of nitrogens with zero attached hydrogens (tertiary/aromatic N) is 1. The Hall–Kier alpha value is -0.930. The molecule has 0 bridgehead atoms. The van der Waals surface area contributed by atoms with Crippen LogP contribution in [0.2, 0.25) is 0 Å². The van der Waals surface area contributed by atoms with Gasteiger partial charge < -0.3 is 5.32 Å². The van der Waals surface area contributed by atoms with Gasteiger partial charge in [0.2, 0.25) is 0 Å². The average Bonchev–Trinajstić information content (AvgIpc) is 2.70. The van der Waals surface area contributed by atoms with Crippen LogP contribution in [0.15, 0.2) is 24.3 Å². The number of rotatable bonds is 4. The second-order valence-electron chi connectivity index (χ2n) is 4.45. The zero-order valence-electron chi connectivity index (χ0n) is 9.75. The van der Waals surface area contributed by atoms with Crippen molar-refractivity contribution in [2.45, 2.75) is 25.4 Å². The fraction of sp³-hybridized carbons (Fsp3) is 0.538. The molecule has 1 aliphatic heterocycles. The molecule has 0 amide bonds. The second-order valence-corrected chi connectivity index (χ2v) is 4.45. The Kier molecular flexibility index (Phi) is 3.91. The van der Waals surface area contributed by atoms with Crippen molar-refractivity contribution in [2.75, 3.05) is 20.1 Å². The Morgan fingerprint density at radius 2 is 2.12 bits per heavy atom. The first-order chi connectivity index (χ1) is 7.79. The van der Waals surface area contributed by atoms with Crippen molar-refractivity contribution in [3.05, 3.63) is 35.6 Å². The highest BCUT2D eigenvalue weighted by Gasteiger charge is 2.23. The van der Waals surface area contributed by atoms with Gasteiger partial charge in [0, 0.05) is 19.1 Å². The van der Waals surface area contributed by atoms with E-state index in [9.17, 15) is 4.39 Å². The topological polar surface area (TPSA) is 15.3 Å². The summed E-state index contributed by atoms with van der Waals surface area (Å²) in [5.74, 6) is -0.156. The van der Waals surface area contributed by atoms with Crippen LogP contribution in [-0.2, 0) is 6.54 Å². The average molecular weight is 222 g/mol. The third-order valence-corrected chi connectivity index (χ3v) is 3.24. The van der Waals surface area contributed by atoms with E-state index < -0.39 is 0 Å². The first-order valence-electron chi connectivity index (χ1n) is 5.92. The standard InChI is InChI=1S/C13H19FN2/c1-15-9-13-3-2-8-16(13)10-11-4-6-12(14)7-5-11/h4-7,13,15H,2-3,8-10H2,1H3. The number of benzene rings is 1. The highest BCUT2D eigenvalue weighted by atomic mass is 19.1. The number of halogens is 1. The minimum atomic E-state index is -0.156. The zero-order chi connectivity index (χ0) is 11.4. The van der Waals surface area contributed by atoms with Crippen molar-refractivity contribution in [1.82, 2.24) is 10.2 Å². The van der Waals surface area contributed by atoms with Gasteiger partial charge in [-0.05, 0) is 44.1 Å². The van der Waals surface area contributed by atoms with Gasteiger partial charge in [0.05, 0.1) is 0 Å². The molecule has 1 saturated heterocycles. The summed E-state index contributed by atoms with van der Waals surface area (Å²) in [6, 6.07) is 7.47. The molecule has 0 spiro atoms. The normalized spacial score (nSPS) is 21.5. The van der Waals surface area contributed by atoms with Gasteiger partial charge in [-0.1, -0.05) is 12.1 Å². The Morgan fingerprint density at radius 1 is 1.38 bits per heavy atom. The summed E-state index contributed by atoms with van der Waals surface area (Å²) in [7, 11) is 1.99. The summed E-state index contributed by atoms with van der Waals surface area (Å²) >= 11 is 0. The fourth-order valence-corrected chi connectivity index (χ4v) is 2.39. The van der Waals surface area contributed by atoms with Crippen LogP contribution >= 0.6 is 0 Å². The SMILES string of the molecule is CNCC1CCCN1Cc1ccc(F)cc1. The molecule has 88 valence electrons. The lowest BCUT2D eigenvalue weighted by molar-refractivity contribution is 0.242. The second kappa shape index (κ2) is 5.41. The van der Waals surface area contributed by atoms with Gasteiger partial charge in [-0.2, -0.15) is 0 Å². The van der Waals surface area contributed by atoms with E-state index in [1.165, 1.54) is 18.4 Å². The number of likely N-dealkylation sites (tertiary alicyclic amines) is 1. The third kappa shape index (κ3) is 2.80. The van der Waals surface area contributed by atoms with E-state index in [0.29, 0.717) is 6.04 Å². The van der Waals surface area contributed by atoms with Gasteiger partial charge in [-0.25, -0.2) is 4.39 Å². The number of likely N-dealkylation sites (N-methyl/N-ethyl adjacent to an activating group) is 1. The first kappa shape index (κ1) is 11.6. The highest BCUT2D eigenvalue weighted by molar-refractivity contribution is 5.16. The van der Waals surface area contributed by atoms with E-state index in [2.05, 4.69) is 10.2 Å². The van der Waals surface area contributed by atoms with Crippen LogP contribution in [-0.4, -0.2) is 31.1 Å². The Labute approximate surface area is 96.5 Å². The molecule has 1 fully saturated rings. The van der Waals surface area contributed by atoms with Crippen molar-refractivity contribution in [1.29, 1.82) is 0 Å². The van der Waals surface area contributed by atoms with Crippen molar-refractivity contribution < 1.29 is 4.39 Å². The molecule has 16 heavy (non-hydrogen) atoms. The zero-order valence-corrected chi connectivity index (χ0v) is 9.75. The number of nitrogens with one attached hydrogen (secondary N) is 1. The molecule has 1 N–H and O–H groups in total. The molecule has 1 aromatic rings. The van der Waals surface area contributed by atoms with Gasteiger partial charge in [0.1, 0.15) is 5.82 Å². The summed E-state index contributed by atoms with van der Waals surface area (Å²) in [4.78, 5) is 2.48. The molecule has 1 aliphatic rings. The molecule has 3 heteroatoms. The molecule has 0 radical (unpaired) electrons. The van der Waals surface area contributed by atoms with Crippen LogP contribution < -0.4 is 5.32 Å². The van der Waals surface area contributed by atoms with Crippen LogP contribution in [0.4, 0.5) is 4.39 Å². The molecule has 0 saturated carbocycles. The summed E-state index contributed by atoms with van der Waals surface area (Å²) < 4.78 is 12.8. The first-order valence-corrected chi connectivity index (χ1v) is 5.92. The van der Waals surface area contributed by atoms with Crippen molar-refractivity contribution >= 4 is 0 Å². The quantitative estimate of drug-likeness (QED) is 0.838. The molecule has 1 aromatic carbocycles. The van der Waals surface area contributed by atoms with E-state index in [0.717, 1.165) is 19.6 Å². The van der Waals surface area contributed by atoms with Crippen LogP contribution in [0.3, 0.4) is 0 Å². The van der Waals surface area contributed by atoms with E-state index in [4.69, 9.17) is 0 Å². The molecule has 1 unspecified atom stereocenters. The Bertz CT molecular complexity index is 323. The highest BCUT2D eigenvalue weighted by Crippen LogP contribution is 2.19. The van der Waals surface area contributed by atoms with Gasteiger partial charge in [0.15, 0.2) is 0 Å². The molecule has 0 aliphatic carbocycles. The van der Waals surface area contributed by atoms with Crippen molar-refractivity contribution in [3.8, 4) is 0 Å². The maximum absolute atomic E-state index is 12.8. The maximum Gasteiger partial charge on any atom is 0.123 e. The van der Waals surface area contributed by atoms with Gasteiger partial charge in [-0.15, -0.1) is 0 Å². The molecule has 0 aromatic heterocycles. The lowest BCUT2D eigenvalue weighted by Gasteiger charge is -2.24. The minimum absolute atomic E-state index is 0.156. The van der Waals surface area contributed by atoms with E-state index in [1.807, 2.05) is 19.2 Å². The largest absolute Gasteiger partial charge is 0.318 e. The summed E-state index contributed by atoms with van der Waals surface area (Å²) in [6.07, 6.45) is 2.54. The molecule has 1 heterocycles. The Morgan fingerprint density at radius 3 is 2.81 bits per heavy atom. The summed E-state index contributed by atoms with van der Waals surface area (Å²) in [5.41, 5.74) is 1.20. The molecule has 2 nitrogen and oxygen atoms in total. The van der Waals surface area contributed by atoms with Crippen molar-refractivity contribution in [2.24, 2.45) is 0 Å². The predicted octanol–water partition coefficient (Wildman–Crippen LogP) is 2.01. The van der Waals surface area contributed by atoms with Crippen LogP contribution in [0.25, 0.3) is 0 Å². The fourth-order valence-electron chi connectivity index (χ4n) is 2.39. The van der Waals surface area contributed by atoms with E-state index in [1.54, 1.807) is 12.1 Å². The summed E-state index contributed by atoms with van der Waals surface area (Å²) in [6.45, 7) is 3.14.